The van der Waals surface area contributed by atoms with E-state index in [2.05, 4.69) is 0 Å². The van der Waals surface area contributed by atoms with Gasteiger partial charge in [0.25, 0.3) is 0 Å². The van der Waals surface area contributed by atoms with E-state index in [1.165, 1.54) is 0 Å². The van der Waals surface area contributed by atoms with Crippen LogP contribution in [0.5, 0.6) is 0 Å². The van der Waals surface area contributed by atoms with Crippen molar-refractivity contribution in [2.24, 2.45) is 0 Å². The Morgan fingerprint density at radius 2 is 1.29 bits per heavy atom. The van der Waals surface area contributed by atoms with Gasteiger partial charge in [-0.1, -0.05) is 0 Å². The third-order valence-corrected chi connectivity index (χ3v) is 2.23. The lowest BCUT2D eigenvalue weighted by molar-refractivity contribution is -0.175. The Morgan fingerprint density at radius 1 is 0.857 bits per heavy atom. The fourth-order valence-corrected chi connectivity index (χ4v) is 1.08. The first-order valence-electron chi connectivity index (χ1n) is 3.63. The van der Waals surface area contributed by atoms with E-state index in [-0.39, 0.29) is 0 Å². The van der Waals surface area contributed by atoms with Crippen molar-refractivity contribution in [2.45, 2.75) is 25.7 Å². The van der Waals surface area contributed by atoms with Gasteiger partial charge in [-0.05, 0) is 19.4 Å². The average molecular weight is 216 g/mol. The van der Waals surface area contributed by atoms with Gasteiger partial charge in [-0.3, -0.25) is 0 Å². The fraction of sp³-hybridized carbons (Fsp3) is 0.500. The predicted molar refractivity (Wildman–Crippen MR) is 37.5 cm³/mol. The highest BCUT2D eigenvalue weighted by Gasteiger charge is 2.64. The van der Waals surface area contributed by atoms with Crippen molar-refractivity contribution >= 4 is 0 Å². The van der Waals surface area contributed by atoms with Crippen molar-refractivity contribution < 1.29 is 26.3 Å². The maximum atomic E-state index is 12.8. The third-order valence-electron chi connectivity index (χ3n) is 2.23. The van der Waals surface area contributed by atoms with Crippen molar-refractivity contribution in [3.63, 3.8) is 0 Å². The average Bonchev–Trinajstić information content (AvgIpc) is 2.10. The molecule has 0 atom stereocenters. The van der Waals surface area contributed by atoms with Crippen LogP contribution in [-0.2, 0) is 0 Å². The van der Waals surface area contributed by atoms with Crippen LogP contribution in [-0.4, -0.2) is 11.8 Å². The second-order valence-electron chi connectivity index (χ2n) is 3.03. The third kappa shape index (κ3) is 1.09. The summed E-state index contributed by atoms with van der Waals surface area (Å²) in [7, 11) is 0. The molecule has 1 aliphatic rings. The Labute approximate surface area is 75.9 Å². The maximum Gasteiger partial charge on any atom is 0.367 e. The number of rotatable bonds is 0. The van der Waals surface area contributed by atoms with E-state index < -0.39 is 34.6 Å². The molecule has 0 saturated carbocycles. The molecule has 1 aliphatic carbocycles. The summed E-state index contributed by atoms with van der Waals surface area (Å²) in [6, 6.07) is 0. The molecule has 0 heterocycles. The Hall–Kier alpha value is -0.940. The molecule has 0 fully saturated rings. The summed E-state index contributed by atoms with van der Waals surface area (Å²) in [5.74, 6) is -14.4. The van der Waals surface area contributed by atoms with Crippen LogP contribution in [0.2, 0.25) is 0 Å². The maximum absolute atomic E-state index is 12.8. The first-order valence-corrected chi connectivity index (χ1v) is 3.63. The number of allylic oxidation sites excluding steroid dienone is 4. The van der Waals surface area contributed by atoms with E-state index in [0.29, 0.717) is 6.92 Å². The summed E-state index contributed by atoms with van der Waals surface area (Å²) in [6.45, 7) is 1.47. The van der Waals surface area contributed by atoms with Crippen LogP contribution in [0.15, 0.2) is 22.8 Å². The molecule has 0 radical (unpaired) electrons. The highest BCUT2D eigenvalue weighted by atomic mass is 19.3. The molecular formula is C8H6F6. The van der Waals surface area contributed by atoms with Crippen molar-refractivity contribution in [3.05, 3.63) is 22.8 Å². The highest BCUT2D eigenvalue weighted by molar-refractivity contribution is 5.43. The van der Waals surface area contributed by atoms with Gasteiger partial charge in [-0.2, -0.15) is 17.6 Å². The molecule has 0 amide bonds. The molecule has 80 valence electrons. The lowest BCUT2D eigenvalue weighted by Gasteiger charge is -2.30. The van der Waals surface area contributed by atoms with E-state index in [1.807, 2.05) is 0 Å². The van der Waals surface area contributed by atoms with Crippen LogP contribution in [0.1, 0.15) is 13.8 Å². The first kappa shape index (κ1) is 11.1. The zero-order valence-corrected chi connectivity index (χ0v) is 7.27. The van der Waals surface area contributed by atoms with Crippen LogP contribution in [0.25, 0.3) is 0 Å². The zero-order valence-electron chi connectivity index (χ0n) is 7.27. The van der Waals surface area contributed by atoms with Crippen LogP contribution in [0.4, 0.5) is 26.3 Å². The van der Waals surface area contributed by atoms with Crippen molar-refractivity contribution in [1.29, 1.82) is 0 Å². The minimum absolute atomic E-state index is 0.648. The Morgan fingerprint density at radius 3 is 1.71 bits per heavy atom. The van der Waals surface area contributed by atoms with Crippen LogP contribution in [0, 0.1) is 0 Å². The molecule has 0 spiro atoms. The number of hydrogen-bond donors (Lipinski definition) is 0. The van der Waals surface area contributed by atoms with E-state index in [9.17, 15) is 26.3 Å². The van der Waals surface area contributed by atoms with Crippen molar-refractivity contribution in [1.82, 2.24) is 0 Å². The van der Waals surface area contributed by atoms with Gasteiger partial charge < -0.3 is 0 Å². The lowest BCUT2D eigenvalue weighted by Crippen LogP contribution is -2.45. The van der Waals surface area contributed by atoms with Gasteiger partial charge in [0.1, 0.15) is 0 Å². The number of hydrogen-bond acceptors (Lipinski definition) is 0. The molecule has 0 saturated heterocycles. The standard InChI is InChI=1S/C8H6F6/c1-3-4(2)7(11,12)8(13,14)6(10)5(3)9/h1-2H3. The van der Waals surface area contributed by atoms with E-state index in [0.717, 1.165) is 6.92 Å². The van der Waals surface area contributed by atoms with Gasteiger partial charge >= 0.3 is 11.8 Å². The van der Waals surface area contributed by atoms with Gasteiger partial charge in [-0.15, -0.1) is 0 Å². The summed E-state index contributed by atoms with van der Waals surface area (Å²) in [5, 5.41) is 0. The normalized spacial score (nSPS) is 25.7. The van der Waals surface area contributed by atoms with Gasteiger partial charge in [0.2, 0.25) is 5.83 Å². The highest BCUT2D eigenvalue weighted by Crippen LogP contribution is 2.51. The molecule has 0 aliphatic heterocycles. The monoisotopic (exact) mass is 216 g/mol. The Bertz CT molecular complexity index is 302. The SMILES string of the molecule is CC1=C(C)C(F)(F)C(F)(F)C(F)=C1F. The molecule has 14 heavy (non-hydrogen) atoms. The lowest BCUT2D eigenvalue weighted by atomic mass is 9.91. The largest absolute Gasteiger partial charge is 0.367 e. The zero-order chi connectivity index (χ0) is 11.3. The molecule has 0 N–H and O–H groups in total. The molecule has 0 aromatic rings. The molecule has 0 bridgehead atoms. The topological polar surface area (TPSA) is 0 Å². The number of halogens is 6. The molecular weight excluding hydrogens is 210 g/mol. The van der Waals surface area contributed by atoms with Gasteiger partial charge in [0.15, 0.2) is 5.83 Å². The Kier molecular flexibility index (Phi) is 2.21. The smallest absolute Gasteiger partial charge is 0.204 e. The van der Waals surface area contributed by atoms with Crippen molar-refractivity contribution in [3.8, 4) is 0 Å². The van der Waals surface area contributed by atoms with Gasteiger partial charge in [0, 0.05) is 5.57 Å². The quantitative estimate of drug-likeness (QED) is 0.541. The van der Waals surface area contributed by atoms with E-state index in [1.54, 1.807) is 0 Å². The van der Waals surface area contributed by atoms with Gasteiger partial charge in [0.05, 0.1) is 0 Å². The number of alkyl halides is 4. The molecule has 1 rings (SSSR count). The summed E-state index contributed by atoms with van der Waals surface area (Å²) in [4.78, 5) is 0. The van der Waals surface area contributed by atoms with E-state index in [4.69, 9.17) is 0 Å². The summed E-state index contributed by atoms with van der Waals surface area (Å²) < 4.78 is 76.0. The van der Waals surface area contributed by atoms with Crippen molar-refractivity contribution in [2.75, 3.05) is 0 Å². The summed E-state index contributed by atoms with van der Waals surface area (Å²) in [6.07, 6.45) is 0. The molecule has 6 heteroatoms. The Balaban J connectivity index is 3.48. The molecule has 0 aromatic carbocycles. The molecule has 0 nitrogen and oxygen atoms in total. The summed E-state index contributed by atoms with van der Waals surface area (Å²) >= 11 is 0. The second kappa shape index (κ2) is 2.77. The van der Waals surface area contributed by atoms with Crippen LogP contribution in [0.3, 0.4) is 0 Å². The van der Waals surface area contributed by atoms with Crippen LogP contribution < -0.4 is 0 Å². The first-order chi connectivity index (χ1) is 6.14. The molecule has 0 unspecified atom stereocenters. The minimum Gasteiger partial charge on any atom is -0.204 e. The fourth-order valence-electron chi connectivity index (χ4n) is 1.08. The van der Waals surface area contributed by atoms with Crippen LogP contribution >= 0.6 is 0 Å². The molecule has 0 aromatic heterocycles. The summed E-state index contributed by atoms with van der Waals surface area (Å²) in [5.41, 5.74) is -1.93. The minimum atomic E-state index is -5.10. The second-order valence-corrected chi connectivity index (χ2v) is 3.03. The van der Waals surface area contributed by atoms with E-state index >= 15 is 0 Å². The van der Waals surface area contributed by atoms with Gasteiger partial charge in [-0.25, -0.2) is 8.78 Å². The predicted octanol–water partition coefficient (Wildman–Crippen LogP) is 3.76.